The van der Waals surface area contributed by atoms with Crippen molar-refractivity contribution in [2.45, 2.75) is 0 Å². The van der Waals surface area contributed by atoms with Crippen molar-refractivity contribution < 1.29 is 14.4 Å². The first-order valence-corrected chi connectivity index (χ1v) is 8.24. The molecule has 3 aromatic rings. The van der Waals surface area contributed by atoms with Gasteiger partial charge in [-0.25, -0.2) is 4.98 Å². The van der Waals surface area contributed by atoms with Crippen molar-refractivity contribution in [2.24, 2.45) is 0 Å². The maximum absolute atomic E-state index is 10.7. The largest absolute Gasteiger partial charge is 0.493 e. The molecule has 0 atom stereocenters. The molecular weight excluding hydrogens is 358 g/mol. The number of benzene rings is 2. The monoisotopic (exact) mass is 373 g/mol. The molecule has 7 heteroatoms. The molecule has 28 heavy (non-hydrogen) atoms. The van der Waals surface area contributed by atoms with E-state index in [-0.39, 0.29) is 11.6 Å². The number of allylic oxidation sites excluding steroid dienone is 1. The van der Waals surface area contributed by atoms with E-state index in [1.807, 2.05) is 30.3 Å². The number of nitriles is 1. The van der Waals surface area contributed by atoms with E-state index in [9.17, 15) is 15.4 Å². The molecule has 0 aliphatic heterocycles. The molecule has 1 aromatic heterocycles. The molecule has 0 unspecified atom stereocenters. The maximum atomic E-state index is 10.7. The molecule has 0 aliphatic carbocycles. The van der Waals surface area contributed by atoms with Crippen molar-refractivity contribution in [3.8, 4) is 23.4 Å². The third-order valence-corrected chi connectivity index (χ3v) is 3.85. The van der Waals surface area contributed by atoms with Crippen molar-refractivity contribution >= 4 is 17.3 Å². The van der Waals surface area contributed by atoms with Crippen molar-refractivity contribution in [3.05, 3.63) is 88.1 Å². The SMILES string of the molecule is COc1cc(C=C(C#N)c2ccccc2)ccc1Oc1ccc([N+](=O)[O-])cn1. The molecule has 0 spiro atoms. The molecule has 0 bridgehead atoms. The van der Waals surface area contributed by atoms with Crippen LogP contribution in [0.5, 0.6) is 17.4 Å². The molecule has 0 radical (unpaired) electrons. The van der Waals surface area contributed by atoms with Crippen LogP contribution in [0.2, 0.25) is 0 Å². The predicted molar refractivity (Wildman–Crippen MR) is 104 cm³/mol. The van der Waals surface area contributed by atoms with Gasteiger partial charge in [0.15, 0.2) is 11.5 Å². The molecule has 138 valence electrons. The quantitative estimate of drug-likeness (QED) is 0.265. The number of hydrogen-bond acceptors (Lipinski definition) is 6. The Morgan fingerprint density at radius 2 is 1.93 bits per heavy atom. The van der Waals surface area contributed by atoms with Crippen molar-refractivity contribution in [1.29, 1.82) is 5.26 Å². The zero-order chi connectivity index (χ0) is 19.9. The maximum Gasteiger partial charge on any atom is 0.287 e. The minimum atomic E-state index is -0.530. The predicted octanol–water partition coefficient (Wildman–Crippen LogP) is 4.85. The lowest BCUT2D eigenvalue weighted by atomic mass is 10.0. The summed E-state index contributed by atoms with van der Waals surface area (Å²) < 4.78 is 11.0. The summed E-state index contributed by atoms with van der Waals surface area (Å²) in [6, 6.07) is 19.5. The number of methoxy groups -OCH3 is 1. The summed E-state index contributed by atoms with van der Waals surface area (Å²) in [7, 11) is 1.50. The number of ether oxygens (including phenoxy) is 2. The highest BCUT2D eigenvalue weighted by Crippen LogP contribution is 2.33. The average molecular weight is 373 g/mol. The Bertz CT molecular complexity index is 1060. The molecule has 0 aliphatic rings. The number of nitro groups is 1. The lowest BCUT2D eigenvalue weighted by Gasteiger charge is -2.10. The van der Waals surface area contributed by atoms with Gasteiger partial charge in [-0.2, -0.15) is 5.26 Å². The lowest BCUT2D eigenvalue weighted by molar-refractivity contribution is -0.385. The second-order valence-electron chi connectivity index (χ2n) is 5.66. The highest BCUT2D eigenvalue weighted by molar-refractivity contribution is 5.89. The van der Waals surface area contributed by atoms with E-state index in [1.54, 1.807) is 24.3 Å². The first-order valence-electron chi connectivity index (χ1n) is 8.24. The molecule has 0 amide bonds. The Morgan fingerprint density at radius 1 is 1.14 bits per heavy atom. The standard InChI is InChI=1S/C21H15N3O4/c1-27-20-12-15(11-17(13-22)16-5-3-2-4-6-16)7-9-19(20)28-21-10-8-18(14-23-21)24(25)26/h2-12,14H,1H3. The van der Waals surface area contributed by atoms with Crippen LogP contribution in [-0.4, -0.2) is 17.0 Å². The van der Waals surface area contributed by atoms with Crippen LogP contribution in [0.25, 0.3) is 11.6 Å². The van der Waals surface area contributed by atoms with Crippen LogP contribution in [-0.2, 0) is 0 Å². The van der Waals surface area contributed by atoms with Gasteiger partial charge >= 0.3 is 0 Å². The van der Waals surface area contributed by atoms with Gasteiger partial charge in [-0.05, 0) is 29.3 Å². The lowest BCUT2D eigenvalue weighted by Crippen LogP contribution is -1.94. The molecule has 1 heterocycles. The van der Waals surface area contributed by atoms with E-state index in [0.717, 1.165) is 17.3 Å². The first-order chi connectivity index (χ1) is 13.6. The summed E-state index contributed by atoms with van der Waals surface area (Å²) >= 11 is 0. The van der Waals surface area contributed by atoms with Gasteiger partial charge in [-0.3, -0.25) is 10.1 Å². The molecule has 2 aromatic carbocycles. The topological polar surface area (TPSA) is 98.3 Å². The van der Waals surface area contributed by atoms with Crippen LogP contribution < -0.4 is 9.47 Å². The van der Waals surface area contributed by atoms with Gasteiger partial charge in [0.1, 0.15) is 6.20 Å². The Balaban J connectivity index is 1.87. The third-order valence-electron chi connectivity index (χ3n) is 3.85. The fourth-order valence-corrected chi connectivity index (χ4v) is 2.48. The van der Waals surface area contributed by atoms with E-state index >= 15 is 0 Å². The number of aromatic nitrogens is 1. The number of rotatable bonds is 6. The van der Waals surface area contributed by atoms with Gasteiger partial charge < -0.3 is 9.47 Å². The van der Waals surface area contributed by atoms with Crippen LogP contribution in [0, 0.1) is 21.4 Å². The minimum absolute atomic E-state index is 0.121. The van der Waals surface area contributed by atoms with Gasteiger partial charge in [0.2, 0.25) is 5.88 Å². The fraction of sp³-hybridized carbons (Fsp3) is 0.0476. The van der Waals surface area contributed by atoms with Crippen LogP contribution in [0.3, 0.4) is 0 Å². The summed E-state index contributed by atoms with van der Waals surface area (Å²) in [5, 5.41) is 20.1. The van der Waals surface area contributed by atoms with Crippen molar-refractivity contribution in [3.63, 3.8) is 0 Å². The zero-order valence-corrected chi connectivity index (χ0v) is 14.9. The highest BCUT2D eigenvalue weighted by atomic mass is 16.6. The van der Waals surface area contributed by atoms with Crippen molar-refractivity contribution in [1.82, 2.24) is 4.98 Å². The van der Waals surface area contributed by atoms with E-state index in [4.69, 9.17) is 9.47 Å². The van der Waals surface area contributed by atoms with E-state index in [0.29, 0.717) is 17.1 Å². The summed E-state index contributed by atoms with van der Waals surface area (Å²) in [6.07, 6.45) is 2.88. The fourth-order valence-electron chi connectivity index (χ4n) is 2.48. The average Bonchev–Trinajstić information content (AvgIpc) is 2.74. The van der Waals surface area contributed by atoms with E-state index in [1.165, 1.54) is 19.2 Å². The second kappa shape index (κ2) is 8.47. The molecule has 0 saturated heterocycles. The van der Waals surface area contributed by atoms with Crippen molar-refractivity contribution in [2.75, 3.05) is 7.11 Å². The van der Waals surface area contributed by atoms with Gasteiger partial charge in [-0.1, -0.05) is 36.4 Å². The summed E-state index contributed by atoms with van der Waals surface area (Å²) in [5.41, 5.74) is 1.98. The molecule has 0 saturated carbocycles. The molecule has 3 rings (SSSR count). The molecule has 0 fully saturated rings. The summed E-state index contributed by atoms with van der Waals surface area (Å²) in [5.74, 6) is 1.05. The van der Waals surface area contributed by atoms with Gasteiger partial charge in [0.05, 0.1) is 23.7 Å². The second-order valence-corrected chi connectivity index (χ2v) is 5.66. The normalized spacial score (nSPS) is 10.8. The third kappa shape index (κ3) is 4.31. The Morgan fingerprint density at radius 3 is 2.54 bits per heavy atom. The van der Waals surface area contributed by atoms with Gasteiger partial charge in [-0.15, -0.1) is 0 Å². The van der Waals surface area contributed by atoms with Crippen LogP contribution in [0.1, 0.15) is 11.1 Å². The van der Waals surface area contributed by atoms with Crippen LogP contribution in [0.4, 0.5) is 5.69 Å². The highest BCUT2D eigenvalue weighted by Gasteiger charge is 2.10. The van der Waals surface area contributed by atoms with Gasteiger partial charge in [0, 0.05) is 12.1 Å². The molecular formula is C21H15N3O4. The van der Waals surface area contributed by atoms with Crippen LogP contribution >= 0.6 is 0 Å². The smallest absolute Gasteiger partial charge is 0.287 e. The number of hydrogen-bond donors (Lipinski definition) is 0. The summed E-state index contributed by atoms with van der Waals surface area (Å²) in [4.78, 5) is 14.1. The zero-order valence-electron chi connectivity index (χ0n) is 14.9. The Labute approximate surface area is 161 Å². The number of pyridine rings is 1. The first kappa shape index (κ1) is 18.6. The Hall–Kier alpha value is -4.18. The Kier molecular flexibility index (Phi) is 5.63. The molecule has 0 N–H and O–H groups in total. The van der Waals surface area contributed by atoms with Gasteiger partial charge in [0.25, 0.3) is 5.69 Å². The van der Waals surface area contributed by atoms with E-state index < -0.39 is 4.92 Å². The number of nitrogens with zero attached hydrogens (tertiary/aromatic N) is 3. The minimum Gasteiger partial charge on any atom is -0.493 e. The summed E-state index contributed by atoms with van der Waals surface area (Å²) in [6.45, 7) is 0. The molecule has 7 nitrogen and oxygen atoms in total. The van der Waals surface area contributed by atoms with E-state index in [2.05, 4.69) is 11.1 Å². The van der Waals surface area contributed by atoms with Crippen LogP contribution in [0.15, 0.2) is 66.9 Å².